The van der Waals surface area contributed by atoms with Crippen LogP contribution in [0.2, 0.25) is 0 Å². The molecule has 0 spiro atoms. The molecule has 0 aromatic heterocycles. The minimum atomic E-state index is -1.31. The standard InChI is InChI=1S/C11H10O5/c12-10(13)6-8(11(14)15)7-16-9-4-2-1-3-5-9/h1-6H,7H2,(H,12,13)(H,14,15)/b8-6-. The average molecular weight is 222 g/mol. The first kappa shape index (κ1) is 11.8. The number of hydrogen-bond acceptors (Lipinski definition) is 3. The van der Waals surface area contributed by atoms with Crippen molar-refractivity contribution in [3.8, 4) is 5.75 Å². The van der Waals surface area contributed by atoms with E-state index in [0.717, 1.165) is 0 Å². The highest BCUT2D eigenvalue weighted by Crippen LogP contribution is 2.09. The lowest BCUT2D eigenvalue weighted by Crippen LogP contribution is -2.12. The summed E-state index contributed by atoms with van der Waals surface area (Å²) in [5, 5.41) is 17.1. The Bertz CT molecular complexity index is 408. The number of benzene rings is 1. The van der Waals surface area contributed by atoms with Crippen LogP contribution in [0.15, 0.2) is 42.0 Å². The van der Waals surface area contributed by atoms with E-state index in [9.17, 15) is 9.59 Å². The molecule has 0 aliphatic carbocycles. The van der Waals surface area contributed by atoms with Gasteiger partial charge in [-0.25, -0.2) is 9.59 Å². The van der Waals surface area contributed by atoms with Gasteiger partial charge in [-0.05, 0) is 12.1 Å². The molecular weight excluding hydrogens is 212 g/mol. The zero-order valence-electron chi connectivity index (χ0n) is 8.29. The Balaban J connectivity index is 2.65. The minimum absolute atomic E-state index is 0.286. The van der Waals surface area contributed by atoms with Gasteiger partial charge in [-0.2, -0.15) is 0 Å². The summed E-state index contributed by atoms with van der Waals surface area (Å²) in [5.74, 6) is -2.13. The Labute approximate surface area is 91.6 Å². The minimum Gasteiger partial charge on any atom is -0.489 e. The number of rotatable bonds is 5. The van der Waals surface area contributed by atoms with E-state index in [1.54, 1.807) is 30.3 Å². The summed E-state index contributed by atoms with van der Waals surface area (Å²) in [5.41, 5.74) is -0.309. The van der Waals surface area contributed by atoms with Crippen LogP contribution >= 0.6 is 0 Å². The fourth-order valence-electron chi connectivity index (χ4n) is 0.992. The smallest absolute Gasteiger partial charge is 0.335 e. The van der Waals surface area contributed by atoms with E-state index in [1.807, 2.05) is 0 Å². The van der Waals surface area contributed by atoms with Crippen molar-refractivity contribution in [2.45, 2.75) is 0 Å². The Morgan fingerprint density at radius 2 is 1.81 bits per heavy atom. The Morgan fingerprint density at radius 3 is 2.31 bits per heavy atom. The van der Waals surface area contributed by atoms with Crippen molar-refractivity contribution >= 4 is 11.9 Å². The van der Waals surface area contributed by atoms with Gasteiger partial charge in [0.25, 0.3) is 0 Å². The van der Waals surface area contributed by atoms with Gasteiger partial charge in [0.15, 0.2) is 0 Å². The third-order valence-corrected chi connectivity index (χ3v) is 1.71. The molecular formula is C11H10O5. The van der Waals surface area contributed by atoms with Gasteiger partial charge in [0.2, 0.25) is 0 Å². The molecule has 0 radical (unpaired) electrons. The first-order valence-corrected chi connectivity index (χ1v) is 4.44. The monoisotopic (exact) mass is 222 g/mol. The number of carboxylic acids is 2. The highest BCUT2D eigenvalue weighted by atomic mass is 16.5. The van der Waals surface area contributed by atoms with Crippen LogP contribution < -0.4 is 4.74 Å². The summed E-state index contributed by atoms with van der Waals surface area (Å²) in [4.78, 5) is 21.0. The van der Waals surface area contributed by atoms with Gasteiger partial charge in [-0.1, -0.05) is 18.2 Å². The highest BCUT2D eigenvalue weighted by molar-refractivity contribution is 5.94. The van der Waals surface area contributed by atoms with E-state index in [4.69, 9.17) is 14.9 Å². The van der Waals surface area contributed by atoms with Crippen LogP contribution in [0.3, 0.4) is 0 Å². The van der Waals surface area contributed by atoms with Crippen molar-refractivity contribution in [2.75, 3.05) is 6.61 Å². The molecule has 0 amide bonds. The second-order valence-electron chi connectivity index (χ2n) is 2.91. The van der Waals surface area contributed by atoms with Gasteiger partial charge >= 0.3 is 11.9 Å². The quantitative estimate of drug-likeness (QED) is 0.730. The second kappa shape index (κ2) is 5.55. The van der Waals surface area contributed by atoms with Gasteiger partial charge in [-0.15, -0.1) is 0 Å². The maximum atomic E-state index is 10.6. The molecule has 5 nitrogen and oxygen atoms in total. The van der Waals surface area contributed by atoms with Gasteiger partial charge in [0, 0.05) is 6.08 Å². The van der Waals surface area contributed by atoms with E-state index in [1.165, 1.54) is 0 Å². The lowest BCUT2D eigenvalue weighted by Gasteiger charge is -2.05. The molecule has 16 heavy (non-hydrogen) atoms. The lowest BCUT2D eigenvalue weighted by molar-refractivity contribution is -0.135. The van der Waals surface area contributed by atoms with Gasteiger partial charge in [0.05, 0.1) is 5.57 Å². The number of aliphatic carboxylic acids is 2. The molecule has 0 unspecified atom stereocenters. The van der Waals surface area contributed by atoms with E-state index >= 15 is 0 Å². The molecule has 0 saturated heterocycles. The molecule has 0 aliphatic rings. The number of ether oxygens (including phenoxy) is 1. The first-order valence-electron chi connectivity index (χ1n) is 4.44. The highest BCUT2D eigenvalue weighted by Gasteiger charge is 2.10. The van der Waals surface area contributed by atoms with Crippen molar-refractivity contribution in [3.05, 3.63) is 42.0 Å². The molecule has 0 atom stereocenters. The van der Waals surface area contributed by atoms with E-state index in [-0.39, 0.29) is 12.2 Å². The van der Waals surface area contributed by atoms with Crippen molar-refractivity contribution in [1.29, 1.82) is 0 Å². The second-order valence-corrected chi connectivity index (χ2v) is 2.91. The largest absolute Gasteiger partial charge is 0.489 e. The molecule has 0 aliphatic heterocycles. The molecule has 2 N–H and O–H groups in total. The van der Waals surface area contributed by atoms with Crippen LogP contribution in [-0.4, -0.2) is 28.8 Å². The van der Waals surface area contributed by atoms with Crippen LogP contribution in [0.1, 0.15) is 0 Å². The zero-order chi connectivity index (χ0) is 12.0. The third kappa shape index (κ3) is 3.83. The number of hydrogen-bond donors (Lipinski definition) is 2. The molecule has 5 heteroatoms. The Kier molecular flexibility index (Phi) is 4.08. The summed E-state index contributed by atoms with van der Waals surface area (Å²) in [7, 11) is 0. The maximum absolute atomic E-state index is 10.6. The average Bonchev–Trinajstić information content (AvgIpc) is 2.25. The van der Waals surface area contributed by atoms with Crippen molar-refractivity contribution < 1.29 is 24.5 Å². The summed E-state index contributed by atoms with van der Waals surface area (Å²) in [6.45, 7) is -0.286. The van der Waals surface area contributed by atoms with Crippen LogP contribution in [0, 0.1) is 0 Å². The summed E-state index contributed by atoms with van der Waals surface area (Å²) >= 11 is 0. The van der Waals surface area contributed by atoms with Crippen LogP contribution in [0.25, 0.3) is 0 Å². The molecule has 0 saturated carbocycles. The summed E-state index contributed by atoms with van der Waals surface area (Å²) in [6.07, 6.45) is 0.616. The Morgan fingerprint density at radius 1 is 1.19 bits per heavy atom. The van der Waals surface area contributed by atoms with E-state index in [0.29, 0.717) is 11.8 Å². The van der Waals surface area contributed by atoms with Gasteiger partial charge < -0.3 is 14.9 Å². The summed E-state index contributed by atoms with van der Waals surface area (Å²) < 4.78 is 5.12. The van der Waals surface area contributed by atoms with Crippen LogP contribution in [-0.2, 0) is 9.59 Å². The molecule has 0 heterocycles. The zero-order valence-corrected chi connectivity index (χ0v) is 8.29. The van der Waals surface area contributed by atoms with Crippen LogP contribution in [0.5, 0.6) is 5.75 Å². The topological polar surface area (TPSA) is 83.8 Å². The van der Waals surface area contributed by atoms with Crippen molar-refractivity contribution in [2.24, 2.45) is 0 Å². The summed E-state index contributed by atoms with van der Waals surface area (Å²) in [6, 6.07) is 8.56. The maximum Gasteiger partial charge on any atom is 0.335 e. The molecule has 0 fully saturated rings. The Hall–Kier alpha value is -2.30. The predicted octanol–water partition coefficient (Wildman–Crippen LogP) is 1.16. The van der Waals surface area contributed by atoms with Gasteiger partial charge in [0.1, 0.15) is 12.4 Å². The molecule has 0 bridgehead atoms. The molecule has 1 aromatic rings. The fraction of sp³-hybridized carbons (Fsp3) is 0.0909. The first-order chi connectivity index (χ1) is 7.59. The van der Waals surface area contributed by atoms with E-state index < -0.39 is 11.9 Å². The molecule has 1 rings (SSSR count). The van der Waals surface area contributed by atoms with E-state index in [2.05, 4.69) is 0 Å². The normalized spacial score (nSPS) is 10.9. The van der Waals surface area contributed by atoms with Crippen molar-refractivity contribution in [3.63, 3.8) is 0 Å². The van der Waals surface area contributed by atoms with Gasteiger partial charge in [-0.3, -0.25) is 0 Å². The van der Waals surface area contributed by atoms with Crippen molar-refractivity contribution in [1.82, 2.24) is 0 Å². The number of carbonyl (C=O) groups is 2. The number of carboxylic acid groups (broad SMARTS) is 2. The molecule has 84 valence electrons. The fourth-order valence-corrected chi connectivity index (χ4v) is 0.992. The molecule has 1 aromatic carbocycles. The lowest BCUT2D eigenvalue weighted by atomic mass is 10.2. The van der Waals surface area contributed by atoms with Crippen LogP contribution in [0.4, 0.5) is 0 Å². The predicted molar refractivity (Wildman–Crippen MR) is 55.3 cm³/mol. The SMILES string of the molecule is O=C(O)/C=C(/COc1ccccc1)C(=O)O. The third-order valence-electron chi connectivity index (χ3n) is 1.71. The number of para-hydroxylation sites is 1.